The summed E-state index contributed by atoms with van der Waals surface area (Å²) in [6.45, 7) is 2.33. The van der Waals surface area contributed by atoms with Crippen LogP contribution in [0.2, 0.25) is 0 Å². The second kappa shape index (κ2) is 8.47. The highest BCUT2D eigenvalue weighted by Crippen LogP contribution is 2.27. The molecule has 0 saturated heterocycles. The summed E-state index contributed by atoms with van der Waals surface area (Å²) in [7, 11) is 0. The number of amides is 1. The van der Waals surface area contributed by atoms with Crippen LogP contribution in [0.4, 0.5) is 0 Å². The van der Waals surface area contributed by atoms with Gasteiger partial charge in [-0.1, -0.05) is 42.5 Å². The summed E-state index contributed by atoms with van der Waals surface area (Å²) in [5.74, 6) is -0.970. The molecule has 2 unspecified atom stereocenters. The van der Waals surface area contributed by atoms with E-state index in [-0.39, 0.29) is 23.9 Å². The number of aromatic hydroxyl groups is 1. The average Bonchev–Trinajstić information content (AvgIpc) is 2.58. The van der Waals surface area contributed by atoms with Crippen LogP contribution in [0, 0.1) is 0 Å². The Hall–Kier alpha value is -2.37. The monoisotopic (exact) mass is 328 g/mol. The van der Waals surface area contributed by atoms with Gasteiger partial charge in [-0.15, -0.1) is 0 Å². The number of aliphatic hydroxyl groups is 1. The molecule has 2 atom stereocenters. The standard InChI is InChI=1S/C19H24N2O3/c1-13(10-11-14-6-3-2-4-7-14)21-12-17(22)15-8-5-9-16(18(15)23)19(20)24/h2-9,13,17,21-23H,10-12H2,1H3,(H2,20,24). The van der Waals surface area contributed by atoms with Gasteiger partial charge in [0.1, 0.15) is 5.75 Å². The Balaban J connectivity index is 1.87. The van der Waals surface area contributed by atoms with E-state index >= 15 is 0 Å². The minimum Gasteiger partial charge on any atom is -0.507 e. The lowest BCUT2D eigenvalue weighted by molar-refractivity contribution is 0.0997. The fourth-order valence-corrected chi connectivity index (χ4v) is 2.58. The van der Waals surface area contributed by atoms with Crippen molar-refractivity contribution in [3.8, 4) is 5.75 Å². The Morgan fingerprint density at radius 1 is 1.17 bits per heavy atom. The van der Waals surface area contributed by atoms with Gasteiger partial charge in [0, 0.05) is 18.2 Å². The SMILES string of the molecule is CC(CCc1ccccc1)NCC(O)c1cccc(C(N)=O)c1O. The Morgan fingerprint density at radius 3 is 2.54 bits per heavy atom. The lowest BCUT2D eigenvalue weighted by Gasteiger charge is -2.18. The Bertz CT molecular complexity index is 674. The van der Waals surface area contributed by atoms with Crippen LogP contribution in [0.1, 0.15) is 40.9 Å². The number of phenols is 1. The van der Waals surface area contributed by atoms with Gasteiger partial charge in [0.05, 0.1) is 11.7 Å². The van der Waals surface area contributed by atoms with Crippen LogP contribution in [0.15, 0.2) is 48.5 Å². The molecular formula is C19H24N2O3. The van der Waals surface area contributed by atoms with Gasteiger partial charge < -0.3 is 21.3 Å². The van der Waals surface area contributed by atoms with Gasteiger partial charge >= 0.3 is 0 Å². The van der Waals surface area contributed by atoms with Crippen molar-refractivity contribution in [3.05, 3.63) is 65.2 Å². The lowest BCUT2D eigenvalue weighted by Crippen LogP contribution is -2.31. The summed E-state index contributed by atoms with van der Waals surface area (Å²) in [6.07, 6.45) is 0.973. The number of primary amides is 1. The predicted octanol–water partition coefficient (Wildman–Crippen LogP) is 2.14. The molecule has 128 valence electrons. The molecule has 0 aliphatic carbocycles. The molecule has 0 aliphatic rings. The summed E-state index contributed by atoms with van der Waals surface area (Å²) in [4.78, 5) is 11.2. The number of nitrogens with two attached hydrogens (primary N) is 1. The number of rotatable bonds is 8. The van der Waals surface area contributed by atoms with Crippen LogP contribution in [0.3, 0.4) is 0 Å². The summed E-state index contributed by atoms with van der Waals surface area (Å²) in [6, 6.07) is 15.0. The van der Waals surface area contributed by atoms with E-state index in [4.69, 9.17) is 5.73 Å². The molecule has 2 aromatic carbocycles. The predicted molar refractivity (Wildman–Crippen MR) is 93.8 cm³/mol. The van der Waals surface area contributed by atoms with Gasteiger partial charge in [-0.3, -0.25) is 4.79 Å². The van der Waals surface area contributed by atoms with E-state index < -0.39 is 12.0 Å². The van der Waals surface area contributed by atoms with Crippen LogP contribution in [0.5, 0.6) is 5.75 Å². The molecule has 2 rings (SSSR count). The molecule has 0 heterocycles. The van der Waals surface area contributed by atoms with E-state index in [9.17, 15) is 15.0 Å². The fourth-order valence-electron chi connectivity index (χ4n) is 2.58. The third-order valence-electron chi connectivity index (χ3n) is 4.06. The van der Waals surface area contributed by atoms with E-state index in [1.165, 1.54) is 11.6 Å². The molecule has 0 bridgehead atoms. The van der Waals surface area contributed by atoms with E-state index in [0.29, 0.717) is 5.56 Å². The fraction of sp³-hybridized carbons (Fsp3) is 0.316. The van der Waals surface area contributed by atoms with Crippen LogP contribution in [0.25, 0.3) is 0 Å². The second-order valence-corrected chi connectivity index (χ2v) is 5.96. The number of benzene rings is 2. The number of aliphatic hydroxyl groups excluding tert-OH is 1. The number of hydrogen-bond acceptors (Lipinski definition) is 4. The zero-order chi connectivity index (χ0) is 17.5. The molecule has 0 aromatic heterocycles. The van der Waals surface area contributed by atoms with E-state index in [1.807, 2.05) is 18.2 Å². The molecule has 2 aromatic rings. The first-order valence-electron chi connectivity index (χ1n) is 8.06. The smallest absolute Gasteiger partial charge is 0.252 e. The maximum atomic E-state index is 11.2. The van der Waals surface area contributed by atoms with Crippen LogP contribution in [-0.2, 0) is 6.42 Å². The minimum atomic E-state index is -0.913. The van der Waals surface area contributed by atoms with Gasteiger partial charge in [0.2, 0.25) is 0 Å². The van der Waals surface area contributed by atoms with Crippen molar-refractivity contribution in [2.24, 2.45) is 5.73 Å². The summed E-state index contributed by atoms with van der Waals surface area (Å²) < 4.78 is 0. The number of nitrogens with one attached hydrogen (secondary N) is 1. The quantitative estimate of drug-likeness (QED) is 0.597. The highest BCUT2D eigenvalue weighted by Gasteiger charge is 2.17. The zero-order valence-corrected chi connectivity index (χ0v) is 13.8. The van der Waals surface area contributed by atoms with Crippen molar-refractivity contribution >= 4 is 5.91 Å². The highest BCUT2D eigenvalue weighted by molar-refractivity contribution is 5.95. The van der Waals surface area contributed by atoms with Crippen molar-refractivity contribution in [2.75, 3.05) is 6.54 Å². The molecule has 24 heavy (non-hydrogen) atoms. The van der Waals surface area contributed by atoms with Gasteiger partial charge in [-0.2, -0.15) is 0 Å². The lowest BCUT2D eigenvalue weighted by atomic mass is 10.0. The van der Waals surface area contributed by atoms with E-state index in [0.717, 1.165) is 12.8 Å². The third-order valence-corrected chi connectivity index (χ3v) is 4.06. The largest absolute Gasteiger partial charge is 0.507 e. The molecule has 0 saturated carbocycles. The first-order chi connectivity index (χ1) is 11.5. The molecule has 5 nitrogen and oxygen atoms in total. The second-order valence-electron chi connectivity index (χ2n) is 5.96. The van der Waals surface area contributed by atoms with Crippen LogP contribution in [-0.4, -0.2) is 28.7 Å². The number of carbonyl (C=O) groups excluding carboxylic acids is 1. The van der Waals surface area contributed by atoms with Gasteiger partial charge in [0.25, 0.3) is 5.91 Å². The summed E-state index contributed by atoms with van der Waals surface area (Å²) in [5.41, 5.74) is 6.80. The number of hydrogen-bond donors (Lipinski definition) is 4. The molecule has 5 N–H and O–H groups in total. The highest BCUT2D eigenvalue weighted by atomic mass is 16.3. The molecule has 5 heteroatoms. The molecule has 0 aliphatic heterocycles. The van der Waals surface area contributed by atoms with E-state index in [1.54, 1.807) is 12.1 Å². The van der Waals surface area contributed by atoms with Gasteiger partial charge in [0.15, 0.2) is 0 Å². The third kappa shape index (κ3) is 4.81. The van der Waals surface area contributed by atoms with Crippen molar-refractivity contribution in [3.63, 3.8) is 0 Å². The number of carbonyl (C=O) groups is 1. The molecule has 0 radical (unpaired) electrons. The Labute approximate surface area is 142 Å². The Kier molecular flexibility index (Phi) is 6.35. The average molecular weight is 328 g/mol. The number of aryl methyl sites for hydroxylation is 1. The van der Waals surface area contributed by atoms with Crippen molar-refractivity contribution in [1.29, 1.82) is 0 Å². The van der Waals surface area contributed by atoms with Crippen LogP contribution >= 0.6 is 0 Å². The van der Waals surface area contributed by atoms with Gasteiger partial charge in [-0.25, -0.2) is 0 Å². The van der Waals surface area contributed by atoms with Crippen molar-refractivity contribution in [1.82, 2.24) is 5.32 Å². The summed E-state index contributed by atoms with van der Waals surface area (Å²) >= 11 is 0. The normalized spacial score (nSPS) is 13.4. The molecule has 1 amide bonds. The molecular weight excluding hydrogens is 304 g/mol. The van der Waals surface area contributed by atoms with Crippen LogP contribution < -0.4 is 11.1 Å². The maximum absolute atomic E-state index is 11.2. The first-order valence-corrected chi connectivity index (χ1v) is 8.06. The van der Waals surface area contributed by atoms with E-state index in [2.05, 4.69) is 24.4 Å². The van der Waals surface area contributed by atoms with Crippen molar-refractivity contribution in [2.45, 2.75) is 31.9 Å². The van der Waals surface area contributed by atoms with Gasteiger partial charge in [-0.05, 0) is 31.4 Å². The Morgan fingerprint density at radius 2 is 1.88 bits per heavy atom. The maximum Gasteiger partial charge on any atom is 0.252 e. The molecule has 0 spiro atoms. The summed E-state index contributed by atoms with van der Waals surface area (Å²) in [5, 5.41) is 23.6. The first kappa shape index (κ1) is 18.0. The number of para-hydroxylation sites is 1. The topological polar surface area (TPSA) is 95.6 Å². The minimum absolute atomic E-state index is 0.0173. The zero-order valence-electron chi connectivity index (χ0n) is 13.8. The van der Waals surface area contributed by atoms with Crippen molar-refractivity contribution < 1.29 is 15.0 Å². The molecule has 0 fully saturated rings.